The smallest absolute Gasteiger partial charge is 0.0717 e. The zero-order valence-electron chi connectivity index (χ0n) is 14.6. The van der Waals surface area contributed by atoms with Gasteiger partial charge in [0.1, 0.15) is 0 Å². The van der Waals surface area contributed by atoms with E-state index in [-0.39, 0.29) is 0 Å². The van der Waals surface area contributed by atoms with Crippen molar-refractivity contribution in [2.75, 3.05) is 6.61 Å². The number of nitrogens with one attached hydrogen (secondary N) is 1. The van der Waals surface area contributed by atoms with E-state index in [9.17, 15) is 0 Å². The molecule has 0 saturated carbocycles. The Kier molecular flexibility index (Phi) is 7.31. The van der Waals surface area contributed by atoms with Crippen molar-refractivity contribution in [2.45, 2.75) is 46.4 Å². The fourth-order valence-electron chi connectivity index (χ4n) is 2.74. The Balaban J connectivity index is 1.83. The van der Waals surface area contributed by atoms with Gasteiger partial charge in [0.2, 0.25) is 0 Å². The molecule has 2 rings (SSSR count). The molecule has 0 heterocycles. The number of rotatable bonds is 9. The maximum atomic E-state index is 5.94. The van der Waals surface area contributed by atoms with Crippen molar-refractivity contribution < 1.29 is 4.74 Å². The van der Waals surface area contributed by atoms with E-state index < -0.39 is 0 Å². The third kappa shape index (κ3) is 6.55. The zero-order chi connectivity index (χ0) is 16.5. The van der Waals surface area contributed by atoms with Crippen LogP contribution in [0.3, 0.4) is 0 Å². The summed E-state index contributed by atoms with van der Waals surface area (Å²) in [6.07, 6.45) is 1.13. The second kappa shape index (κ2) is 9.49. The van der Waals surface area contributed by atoms with E-state index in [2.05, 4.69) is 74.6 Å². The molecular weight excluding hydrogens is 282 g/mol. The molecule has 0 radical (unpaired) electrons. The lowest BCUT2D eigenvalue weighted by atomic mass is 10.0. The number of ether oxygens (including phenoxy) is 1. The van der Waals surface area contributed by atoms with E-state index >= 15 is 0 Å². The maximum Gasteiger partial charge on any atom is 0.0717 e. The average Bonchev–Trinajstić information content (AvgIpc) is 2.54. The van der Waals surface area contributed by atoms with Crippen LogP contribution in [0.2, 0.25) is 0 Å². The van der Waals surface area contributed by atoms with Gasteiger partial charge < -0.3 is 10.1 Å². The molecule has 0 spiro atoms. The minimum Gasteiger partial charge on any atom is -0.375 e. The van der Waals surface area contributed by atoms with Gasteiger partial charge in [0.05, 0.1) is 13.2 Å². The van der Waals surface area contributed by atoms with Gasteiger partial charge in [-0.05, 0) is 36.0 Å². The van der Waals surface area contributed by atoms with Gasteiger partial charge in [0.25, 0.3) is 0 Å². The van der Waals surface area contributed by atoms with Gasteiger partial charge in [0.15, 0.2) is 0 Å². The third-order valence-electron chi connectivity index (χ3n) is 4.03. The van der Waals surface area contributed by atoms with Crippen LogP contribution in [0.15, 0.2) is 54.6 Å². The topological polar surface area (TPSA) is 21.3 Å². The first-order valence-electron chi connectivity index (χ1n) is 8.54. The summed E-state index contributed by atoms with van der Waals surface area (Å²) in [5.74, 6) is 0.657. The molecule has 0 aromatic heterocycles. The normalized spacial score (nSPS) is 12.5. The van der Waals surface area contributed by atoms with Crippen LogP contribution >= 0.6 is 0 Å². The van der Waals surface area contributed by atoms with Gasteiger partial charge in [-0.1, -0.05) is 68.4 Å². The predicted octanol–water partition coefficient (Wildman–Crippen LogP) is 4.72. The molecule has 1 atom stereocenters. The standard InChI is InChI=1S/C21H29NO/c1-17(2)13-21(16-23-15-19-10-5-4-6-11-19)22-14-20-12-8-7-9-18(20)3/h4-12,17,21-22H,13-16H2,1-3H3/t21-/m0/s1. The molecular formula is C21H29NO. The monoisotopic (exact) mass is 311 g/mol. The number of aryl methyl sites for hydroxylation is 1. The molecule has 0 unspecified atom stereocenters. The van der Waals surface area contributed by atoms with Crippen LogP contribution in [-0.2, 0) is 17.9 Å². The molecule has 2 heteroatoms. The van der Waals surface area contributed by atoms with Gasteiger partial charge in [-0.3, -0.25) is 0 Å². The van der Waals surface area contributed by atoms with E-state index in [1.165, 1.54) is 16.7 Å². The van der Waals surface area contributed by atoms with E-state index in [4.69, 9.17) is 4.74 Å². The molecule has 2 aromatic carbocycles. The zero-order valence-corrected chi connectivity index (χ0v) is 14.6. The number of benzene rings is 2. The molecule has 2 aromatic rings. The van der Waals surface area contributed by atoms with Gasteiger partial charge in [-0.15, -0.1) is 0 Å². The predicted molar refractivity (Wildman–Crippen MR) is 97.4 cm³/mol. The van der Waals surface area contributed by atoms with Gasteiger partial charge in [0, 0.05) is 12.6 Å². The molecule has 1 N–H and O–H groups in total. The highest BCUT2D eigenvalue weighted by molar-refractivity contribution is 5.25. The second-order valence-electron chi connectivity index (χ2n) is 6.63. The van der Waals surface area contributed by atoms with E-state index in [0.29, 0.717) is 18.6 Å². The Labute approximate surface area is 140 Å². The van der Waals surface area contributed by atoms with Crippen molar-refractivity contribution in [1.29, 1.82) is 0 Å². The van der Waals surface area contributed by atoms with E-state index in [1.54, 1.807) is 0 Å². The van der Waals surface area contributed by atoms with Crippen molar-refractivity contribution >= 4 is 0 Å². The quantitative estimate of drug-likeness (QED) is 0.724. The van der Waals surface area contributed by atoms with Crippen LogP contribution < -0.4 is 5.32 Å². The molecule has 23 heavy (non-hydrogen) atoms. The summed E-state index contributed by atoms with van der Waals surface area (Å²) in [5, 5.41) is 3.67. The van der Waals surface area contributed by atoms with E-state index in [1.807, 2.05) is 6.07 Å². The fourth-order valence-corrected chi connectivity index (χ4v) is 2.74. The molecule has 0 bridgehead atoms. The van der Waals surface area contributed by atoms with Crippen molar-refractivity contribution in [3.8, 4) is 0 Å². The number of hydrogen-bond donors (Lipinski definition) is 1. The minimum atomic E-state index is 0.387. The SMILES string of the molecule is Cc1ccccc1CN[C@H](COCc1ccccc1)CC(C)C. The van der Waals surface area contributed by atoms with Gasteiger partial charge in [-0.2, -0.15) is 0 Å². The summed E-state index contributed by atoms with van der Waals surface area (Å²) in [4.78, 5) is 0. The van der Waals surface area contributed by atoms with Crippen molar-refractivity contribution in [2.24, 2.45) is 5.92 Å². The summed E-state index contributed by atoms with van der Waals surface area (Å²) in [6.45, 7) is 9.03. The summed E-state index contributed by atoms with van der Waals surface area (Å²) >= 11 is 0. The van der Waals surface area contributed by atoms with Crippen LogP contribution in [0.1, 0.15) is 37.0 Å². The fraction of sp³-hybridized carbons (Fsp3) is 0.429. The summed E-state index contributed by atoms with van der Waals surface area (Å²) in [7, 11) is 0. The molecule has 124 valence electrons. The highest BCUT2D eigenvalue weighted by Crippen LogP contribution is 2.11. The van der Waals surface area contributed by atoms with Crippen molar-refractivity contribution in [3.05, 3.63) is 71.3 Å². The van der Waals surface area contributed by atoms with Gasteiger partial charge >= 0.3 is 0 Å². The van der Waals surface area contributed by atoms with Crippen molar-refractivity contribution in [1.82, 2.24) is 5.32 Å². The van der Waals surface area contributed by atoms with Crippen LogP contribution in [0.5, 0.6) is 0 Å². The first kappa shape index (κ1) is 17.7. The lowest BCUT2D eigenvalue weighted by Gasteiger charge is -2.21. The lowest BCUT2D eigenvalue weighted by Crippen LogP contribution is -2.34. The van der Waals surface area contributed by atoms with Crippen LogP contribution in [0.4, 0.5) is 0 Å². The largest absolute Gasteiger partial charge is 0.375 e. The molecule has 2 nitrogen and oxygen atoms in total. The summed E-state index contributed by atoms with van der Waals surface area (Å²) in [6, 6.07) is 19.3. The third-order valence-corrected chi connectivity index (χ3v) is 4.03. The van der Waals surface area contributed by atoms with Crippen LogP contribution in [0.25, 0.3) is 0 Å². The van der Waals surface area contributed by atoms with Crippen LogP contribution in [0, 0.1) is 12.8 Å². The Hall–Kier alpha value is -1.64. The minimum absolute atomic E-state index is 0.387. The lowest BCUT2D eigenvalue weighted by molar-refractivity contribution is 0.0922. The second-order valence-corrected chi connectivity index (χ2v) is 6.63. The average molecular weight is 311 g/mol. The van der Waals surface area contributed by atoms with E-state index in [0.717, 1.165) is 19.6 Å². The summed E-state index contributed by atoms with van der Waals surface area (Å²) < 4.78 is 5.94. The van der Waals surface area contributed by atoms with Crippen molar-refractivity contribution in [3.63, 3.8) is 0 Å². The molecule has 0 aliphatic rings. The molecule has 0 amide bonds. The highest BCUT2D eigenvalue weighted by Gasteiger charge is 2.11. The first-order chi connectivity index (χ1) is 11.1. The first-order valence-corrected chi connectivity index (χ1v) is 8.54. The Morgan fingerprint density at radius 3 is 2.35 bits per heavy atom. The summed E-state index contributed by atoms with van der Waals surface area (Å²) in [5.41, 5.74) is 3.94. The molecule has 0 aliphatic carbocycles. The molecule has 0 saturated heterocycles. The Morgan fingerprint density at radius 1 is 0.957 bits per heavy atom. The maximum absolute atomic E-state index is 5.94. The highest BCUT2D eigenvalue weighted by atomic mass is 16.5. The van der Waals surface area contributed by atoms with Gasteiger partial charge in [-0.25, -0.2) is 0 Å². The van der Waals surface area contributed by atoms with Crippen LogP contribution in [-0.4, -0.2) is 12.6 Å². The Morgan fingerprint density at radius 2 is 1.65 bits per heavy atom. The Bertz CT molecular complexity index is 565. The molecule has 0 fully saturated rings. The number of hydrogen-bond acceptors (Lipinski definition) is 2. The molecule has 0 aliphatic heterocycles.